The molecule has 3 atom stereocenters. The minimum Gasteiger partial charge on any atom is -0.480 e. The molecule has 0 spiro atoms. The molecule has 0 aliphatic carbocycles. The third-order valence-corrected chi connectivity index (χ3v) is 2.81. The molecule has 0 fully saturated rings. The minimum absolute atomic E-state index is 0.0718. The molecule has 0 aromatic rings. The van der Waals surface area contributed by atoms with Crippen molar-refractivity contribution in [2.24, 2.45) is 17.6 Å². The SMILES string of the molecule is CCC(C)C(=O)C(=O)O.CCC(C)C(N)C(=O)O. The highest BCUT2D eigenvalue weighted by molar-refractivity contribution is 6.33. The molecule has 0 radical (unpaired) electrons. The fourth-order valence-electron chi connectivity index (χ4n) is 0.894. The molecule has 106 valence electrons. The number of hydrogen-bond acceptors (Lipinski definition) is 4. The Hall–Kier alpha value is -1.43. The Morgan fingerprint density at radius 3 is 1.61 bits per heavy atom. The lowest BCUT2D eigenvalue weighted by Crippen LogP contribution is -2.36. The fraction of sp³-hybridized carbons (Fsp3) is 0.750. The molecular formula is C12H23NO5. The molecule has 3 unspecified atom stereocenters. The van der Waals surface area contributed by atoms with E-state index in [9.17, 15) is 14.4 Å². The van der Waals surface area contributed by atoms with Crippen LogP contribution in [0.3, 0.4) is 0 Å². The highest BCUT2D eigenvalue weighted by Gasteiger charge is 2.18. The number of carbonyl (C=O) groups excluding carboxylic acids is 1. The Kier molecular flexibility index (Phi) is 10.1. The Morgan fingerprint density at radius 1 is 1.06 bits per heavy atom. The fourth-order valence-corrected chi connectivity index (χ4v) is 0.894. The van der Waals surface area contributed by atoms with Crippen LogP contribution in [0.1, 0.15) is 40.5 Å². The maximum atomic E-state index is 10.5. The summed E-state index contributed by atoms with van der Waals surface area (Å²) in [4.78, 5) is 30.6. The number of carboxylic acids is 2. The van der Waals surface area contributed by atoms with Crippen molar-refractivity contribution in [3.63, 3.8) is 0 Å². The van der Waals surface area contributed by atoms with Gasteiger partial charge in [-0.25, -0.2) is 4.79 Å². The van der Waals surface area contributed by atoms with Gasteiger partial charge in [0.1, 0.15) is 6.04 Å². The lowest BCUT2D eigenvalue weighted by molar-refractivity contribution is -0.150. The second-order valence-electron chi connectivity index (χ2n) is 4.23. The van der Waals surface area contributed by atoms with Gasteiger partial charge in [0.2, 0.25) is 5.78 Å². The first-order valence-electron chi connectivity index (χ1n) is 5.94. The first kappa shape index (κ1) is 18.9. The van der Waals surface area contributed by atoms with E-state index >= 15 is 0 Å². The van der Waals surface area contributed by atoms with Crippen LogP contribution in [0.4, 0.5) is 0 Å². The summed E-state index contributed by atoms with van der Waals surface area (Å²) < 4.78 is 0. The van der Waals surface area contributed by atoms with E-state index < -0.39 is 23.8 Å². The zero-order valence-electron chi connectivity index (χ0n) is 11.3. The summed E-state index contributed by atoms with van der Waals surface area (Å²) >= 11 is 0. The Morgan fingerprint density at radius 2 is 1.50 bits per heavy atom. The van der Waals surface area contributed by atoms with Gasteiger partial charge in [-0.1, -0.05) is 34.1 Å². The van der Waals surface area contributed by atoms with Crippen LogP contribution in [0, 0.1) is 11.8 Å². The van der Waals surface area contributed by atoms with Crippen LogP contribution in [0.2, 0.25) is 0 Å². The van der Waals surface area contributed by atoms with Crippen LogP contribution in [0.15, 0.2) is 0 Å². The summed E-state index contributed by atoms with van der Waals surface area (Å²) in [5.74, 6) is -3.21. The smallest absolute Gasteiger partial charge is 0.372 e. The van der Waals surface area contributed by atoms with Gasteiger partial charge in [0.05, 0.1) is 0 Å². The van der Waals surface area contributed by atoms with Crippen LogP contribution in [-0.2, 0) is 14.4 Å². The van der Waals surface area contributed by atoms with E-state index in [4.69, 9.17) is 15.9 Å². The number of aliphatic carboxylic acids is 2. The number of Topliss-reactive ketones (excluding diaryl/α,β-unsaturated/α-hetero) is 1. The van der Waals surface area contributed by atoms with E-state index in [0.29, 0.717) is 6.42 Å². The number of nitrogens with two attached hydrogens (primary N) is 1. The molecule has 0 aromatic heterocycles. The zero-order valence-corrected chi connectivity index (χ0v) is 11.3. The summed E-state index contributed by atoms with van der Waals surface area (Å²) in [5, 5.41) is 16.5. The maximum Gasteiger partial charge on any atom is 0.372 e. The van der Waals surface area contributed by atoms with Crippen molar-refractivity contribution in [3.8, 4) is 0 Å². The van der Waals surface area contributed by atoms with E-state index in [-0.39, 0.29) is 11.8 Å². The average molecular weight is 261 g/mol. The summed E-state index contributed by atoms with van der Waals surface area (Å²) in [7, 11) is 0. The van der Waals surface area contributed by atoms with E-state index in [1.54, 1.807) is 13.8 Å². The van der Waals surface area contributed by atoms with Crippen molar-refractivity contribution in [2.75, 3.05) is 0 Å². The van der Waals surface area contributed by atoms with E-state index in [1.165, 1.54) is 0 Å². The third-order valence-electron chi connectivity index (χ3n) is 2.81. The molecule has 0 bridgehead atoms. The van der Waals surface area contributed by atoms with E-state index in [0.717, 1.165) is 6.42 Å². The van der Waals surface area contributed by atoms with Crippen LogP contribution in [0.25, 0.3) is 0 Å². The van der Waals surface area contributed by atoms with Crippen LogP contribution in [-0.4, -0.2) is 34.0 Å². The predicted octanol–water partition coefficient (Wildman–Crippen LogP) is 1.13. The molecule has 0 saturated carbocycles. The molecule has 4 N–H and O–H groups in total. The van der Waals surface area contributed by atoms with Gasteiger partial charge >= 0.3 is 11.9 Å². The third kappa shape index (κ3) is 7.78. The lowest BCUT2D eigenvalue weighted by Gasteiger charge is -2.11. The summed E-state index contributed by atoms with van der Waals surface area (Å²) in [6, 6.07) is -0.699. The first-order valence-corrected chi connectivity index (χ1v) is 5.94. The quantitative estimate of drug-likeness (QED) is 0.617. The van der Waals surface area contributed by atoms with Gasteiger partial charge in [-0.15, -0.1) is 0 Å². The number of rotatable bonds is 6. The van der Waals surface area contributed by atoms with Crippen LogP contribution >= 0.6 is 0 Å². The molecule has 0 saturated heterocycles. The molecule has 0 amide bonds. The Balaban J connectivity index is 0. The van der Waals surface area contributed by atoms with Crippen molar-refractivity contribution in [1.82, 2.24) is 0 Å². The molecule has 0 heterocycles. The molecule has 18 heavy (non-hydrogen) atoms. The van der Waals surface area contributed by atoms with E-state index in [2.05, 4.69) is 0 Å². The van der Waals surface area contributed by atoms with Crippen LogP contribution in [0.5, 0.6) is 0 Å². The summed E-state index contributed by atoms with van der Waals surface area (Å²) in [6.45, 7) is 7.15. The van der Waals surface area contributed by atoms with Crippen LogP contribution < -0.4 is 5.73 Å². The van der Waals surface area contributed by atoms with Gasteiger partial charge in [0, 0.05) is 5.92 Å². The minimum atomic E-state index is -1.33. The second kappa shape index (κ2) is 9.58. The Bertz CT molecular complexity index is 290. The van der Waals surface area contributed by atoms with Crippen molar-refractivity contribution >= 4 is 17.7 Å². The van der Waals surface area contributed by atoms with Crippen molar-refractivity contribution in [2.45, 2.75) is 46.6 Å². The molecule has 0 aliphatic rings. The average Bonchev–Trinajstić information content (AvgIpc) is 2.35. The highest BCUT2D eigenvalue weighted by atomic mass is 16.4. The number of ketones is 1. The lowest BCUT2D eigenvalue weighted by atomic mass is 10.0. The summed E-state index contributed by atoms with van der Waals surface area (Å²) in [5.41, 5.74) is 5.27. The van der Waals surface area contributed by atoms with Gasteiger partial charge < -0.3 is 15.9 Å². The number of hydrogen-bond donors (Lipinski definition) is 3. The topological polar surface area (TPSA) is 118 Å². The van der Waals surface area contributed by atoms with Gasteiger partial charge in [0.15, 0.2) is 0 Å². The monoisotopic (exact) mass is 261 g/mol. The van der Waals surface area contributed by atoms with Gasteiger partial charge in [-0.2, -0.15) is 0 Å². The molecule has 0 aromatic carbocycles. The standard InChI is InChI=1S/C6H13NO2.C6H10O3/c2*1-3-4(2)5(7)6(8)9/h4-5H,3,7H2,1-2H3,(H,8,9);4H,3H2,1-2H3,(H,8,9). The maximum absolute atomic E-state index is 10.5. The number of carboxylic acid groups (broad SMARTS) is 2. The Labute approximate surface area is 107 Å². The van der Waals surface area contributed by atoms with E-state index in [1.807, 2.05) is 13.8 Å². The molecule has 6 nitrogen and oxygen atoms in total. The molecular weight excluding hydrogens is 238 g/mol. The zero-order chi connectivity index (χ0) is 14.9. The highest BCUT2D eigenvalue weighted by Crippen LogP contribution is 2.04. The summed E-state index contributed by atoms with van der Waals surface area (Å²) in [6.07, 6.45) is 1.40. The first-order chi connectivity index (χ1) is 8.18. The molecule has 6 heteroatoms. The predicted molar refractivity (Wildman–Crippen MR) is 67.2 cm³/mol. The largest absolute Gasteiger partial charge is 0.480 e. The van der Waals surface area contributed by atoms with Gasteiger partial charge in [0.25, 0.3) is 0 Å². The van der Waals surface area contributed by atoms with Crippen molar-refractivity contribution in [1.29, 1.82) is 0 Å². The van der Waals surface area contributed by atoms with Crippen molar-refractivity contribution < 1.29 is 24.6 Å². The molecule has 0 aliphatic heterocycles. The molecule has 0 rings (SSSR count). The normalized spacial score (nSPS) is 14.7. The van der Waals surface area contributed by atoms with Gasteiger partial charge in [-0.05, 0) is 12.3 Å². The van der Waals surface area contributed by atoms with Gasteiger partial charge in [-0.3, -0.25) is 9.59 Å². The second-order valence-corrected chi connectivity index (χ2v) is 4.23. The number of carbonyl (C=O) groups is 3. The van der Waals surface area contributed by atoms with Crippen molar-refractivity contribution in [3.05, 3.63) is 0 Å².